The molecule has 0 heterocycles. The van der Waals surface area contributed by atoms with Gasteiger partial charge in [-0.2, -0.15) is 0 Å². The Morgan fingerprint density at radius 2 is 1.89 bits per heavy atom. The van der Waals surface area contributed by atoms with Crippen LogP contribution in [0, 0.1) is 12.3 Å². The van der Waals surface area contributed by atoms with Crippen LogP contribution in [0.5, 0.6) is 5.75 Å². The largest absolute Gasteiger partial charge is 0.506 e. The van der Waals surface area contributed by atoms with Crippen molar-refractivity contribution in [2.24, 2.45) is 5.41 Å². The van der Waals surface area contributed by atoms with E-state index in [9.17, 15) is 14.7 Å². The first-order valence-electron chi connectivity index (χ1n) is 6.01. The normalized spacial score (nSPS) is 11.1. The van der Waals surface area contributed by atoms with E-state index in [4.69, 9.17) is 5.11 Å². The van der Waals surface area contributed by atoms with Gasteiger partial charge in [0.15, 0.2) is 0 Å². The predicted octanol–water partition coefficient (Wildman–Crippen LogP) is 2.53. The number of hydrogen-bond acceptors (Lipinski definition) is 3. The Hall–Kier alpha value is -2.04. The molecule has 0 fully saturated rings. The maximum atomic E-state index is 11.8. The van der Waals surface area contributed by atoms with E-state index in [0.29, 0.717) is 5.69 Å². The van der Waals surface area contributed by atoms with Gasteiger partial charge in [-0.3, -0.25) is 9.59 Å². The summed E-state index contributed by atoms with van der Waals surface area (Å²) in [6, 6.07) is 4.95. The van der Waals surface area contributed by atoms with Crippen molar-refractivity contribution in [3.63, 3.8) is 0 Å². The molecule has 1 amide bonds. The highest BCUT2D eigenvalue weighted by Gasteiger charge is 2.25. The van der Waals surface area contributed by atoms with Crippen LogP contribution in [0.3, 0.4) is 0 Å². The van der Waals surface area contributed by atoms with Gasteiger partial charge in [0.2, 0.25) is 5.91 Å². The summed E-state index contributed by atoms with van der Waals surface area (Å²) in [5.41, 5.74) is 0.597. The fourth-order valence-electron chi connectivity index (χ4n) is 1.85. The van der Waals surface area contributed by atoms with Crippen LogP contribution in [0.15, 0.2) is 18.2 Å². The van der Waals surface area contributed by atoms with Gasteiger partial charge in [0, 0.05) is 6.42 Å². The number of carboxylic acids is 1. The van der Waals surface area contributed by atoms with Gasteiger partial charge >= 0.3 is 5.97 Å². The molecule has 0 spiro atoms. The molecule has 0 saturated carbocycles. The van der Waals surface area contributed by atoms with Crippen molar-refractivity contribution in [2.75, 3.05) is 5.32 Å². The van der Waals surface area contributed by atoms with E-state index in [1.807, 2.05) is 6.92 Å². The minimum Gasteiger partial charge on any atom is -0.506 e. The van der Waals surface area contributed by atoms with Crippen molar-refractivity contribution in [1.29, 1.82) is 0 Å². The maximum absolute atomic E-state index is 11.8. The van der Waals surface area contributed by atoms with Gasteiger partial charge in [-0.15, -0.1) is 0 Å². The van der Waals surface area contributed by atoms with Crippen molar-refractivity contribution in [2.45, 2.75) is 33.6 Å². The summed E-state index contributed by atoms with van der Waals surface area (Å²) in [7, 11) is 0. The molecule has 0 aliphatic heterocycles. The Labute approximate surface area is 112 Å². The van der Waals surface area contributed by atoms with E-state index in [2.05, 4.69) is 5.32 Å². The van der Waals surface area contributed by atoms with Crippen molar-refractivity contribution in [1.82, 2.24) is 0 Å². The molecule has 19 heavy (non-hydrogen) atoms. The molecule has 5 nitrogen and oxygen atoms in total. The molecule has 1 aromatic carbocycles. The smallest absolute Gasteiger partial charge is 0.303 e. The monoisotopic (exact) mass is 265 g/mol. The maximum Gasteiger partial charge on any atom is 0.303 e. The number of hydrogen-bond donors (Lipinski definition) is 3. The van der Waals surface area contributed by atoms with Gasteiger partial charge in [-0.25, -0.2) is 0 Å². The van der Waals surface area contributed by atoms with Crippen LogP contribution in [0.25, 0.3) is 0 Å². The molecule has 0 aliphatic carbocycles. The third-order valence-electron chi connectivity index (χ3n) is 2.70. The van der Waals surface area contributed by atoms with Crippen LogP contribution < -0.4 is 5.32 Å². The molecule has 3 N–H and O–H groups in total. The first kappa shape index (κ1) is 15.0. The molecule has 0 bridgehead atoms. The van der Waals surface area contributed by atoms with Crippen LogP contribution in [-0.4, -0.2) is 22.1 Å². The summed E-state index contributed by atoms with van der Waals surface area (Å²) in [6.07, 6.45) is -0.00703. The molecule has 0 saturated heterocycles. The van der Waals surface area contributed by atoms with E-state index in [-0.39, 0.29) is 24.5 Å². The third-order valence-corrected chi connectivity index (χ3v) is 2.70. The van der Waals surface area contributed by atoms with Gasteiger partial charge in [-0.1, -0.05) is 19.9 Å². The van der Waals surface area contributed by atoms with Crippen molar-refractivity contribution >= 4 is 17.6 Å². The van der Waals surface area contributed by atoms with Gasteiger partial charge < -0.3 is 15.5 Å². The molecule has 1 aromatic rings. The van der Waals surface area contributed by atoms with Gasteiger partial charge in [0.25, 0.3) is 0 Å². The molecular weight excluding hydrogens is 246 g/mol. The predicted molar refractivity (Wildman–Crippen MR) is 72.1 cm³/mol. The van der Waals surface area contributed by atoms with Crippen LogP contribution in [0.4, 0.5) is 5.69 Å². The van der Waals surface area contributed by atoms with Crippen LogP contribution in [0.2, 0.25) is 0 Å². The fraction of sp³-hybridized carbons (Fsp3) is 0.429. The van der Waals surface area contributed by atoms with Crippen LogP contribution in [0.1, 0.15) is 32.3 Å². The number of phenols is 1. The zero-order valence-electron chi connectivity index (χ0n) is 11.4. The second kappa shape index (κ2) is 5.73. The van der Waals surface area contributed by atoms with E-state index in [1.54, 1.807) is 32.0 Å². The summed E-state index contributed by atoms with van der Waals surface area (Å²) in [5, 5.41) is 21.0. The minimum absolute atomic E-state index is 0.00407. The molecule has 0 unspecified atom stereocenters. The van der Waals surface area contributed by atoms with Gasteiger partial charge in [-0.05, 0) is 30.0 Å². The molecule has 0 aromatic heterocycles. The molecule has 0 radical (unpaired) electrons. The number of aliphatic carboxylic acids is 1. The average molecular weight is 265 g/mol. The van der Waals surface area contributed by atoms with Crippen molar-refractivity contribution in [3.05, 3.63) is 23.8 Å². The molecule has 0 atom stereocenters. The number of phenolic OH excluding ortho intramolecular Hbond substituents is 1. The average Bonchev–Trinajstić information content (AvgIpc) is 2.19. The molecular formula is C14H19NO4. The van der Waals surface area contributed by atoms with E-state index >= 15 is 0 Å². The number of nitrogens with one attached hydrogen (secondary N) is 1. The number of aromatic hydroxyl groups is 1. The second-order valence-corrected chi connectivity index (χ2v) is 5.48. The second-order valence-electron chi connectivity index (χ2n) is 5.48. The zero-order valence-corrected chi connectivity index (χ0v) is 11.4. The number of aryl methyl sites for hydroxylation is 1. The minimum atomic E-state index is -0.934. The molecule has 5 heteroatoms. The highest BCUT2D eigenvalue weighted by molar-refractivity contribution is 5.92. The number of amides is 1. The first-order valence-corrected chi connectivity index (χ1v) is 6.01. The molecule has 0 aliphatic rings. The Bertz CT molecular complexity index is 494. The Kier molecular flexibility index (Phi) is 4.53. The first-order chi connectivity index (χ1) is 8.69. The standard InChI is InChI=1S/C14H19NO4/c1-9-4-5-10(11(16)6-9)15-12(17)7-14(2,3)8-13(18)19/h4-6,16H,7-8H2,1-3H3,(H,15,17)(H,18,19). The lowest BCUT2D eigenvalue weighted by Gasteiger charge is -2.21. The lowest BCUT2D eigenvalue weighted by atomic mass is 9.85. The number of carbonyl (C=O) groups is 2. The fourth-order valence-corrected chi connectivity index (χ4v) is 1.85. The highest BCUT2D eigenvalue weighted by Crippen LogP contribution is 2.28. The molecule has 104 valence electrons. The summed E-state index contributed by atoms with van der Waals surface area (Å²) >= 11 is 0. The number of carbonyl (C=O) groups excluding carboxylic acids is 1. The SMILES string of the molecule is Cc1ccc(NC(=O)CC(C)(C)CC(=O)O)c(O)c1. The van der Waals surface area contributed by atoms with Gasteiger partial charge in [0.1, 0.15) is 5.75 Å². The Morgan fingerprint density at radius 3 is 2.42 bits per heavy atom. The Morgan fingerprint density at radius 1 is 1.26 bits per heavy atom. The number of benzene rings is 1. The summed E-state index contributed by atoms with van der Waals surface area (Å²) < 4.78 is 0. The van der Waals surface area contributed by atoms with Gasteiger partial charge in [0.05, 0.1) is 12.1 Å². The van der Waals surface area contributed by atoms with Crippen LogP contribution in [-0.2, 0) is 9.59 Å². The highest BCUT2D eigenvalue weighted by atomic mass is 16.4. The zero-order chi connectivity index (χ0) is 14.6. The topological polar surface area (TPSA) is 86.6 Å². The number of carboxylic acid groups (broad SMARTS) is 1. The van der Waals surface area contributed by atoms with Crippen molar-refractivity contribution in [3.8, 4) is 5.75 Å². The summed E-state index contributed by atoms with van der Waals surface area (Å²) in [4.78, 5) is 22.5. The number of anilines is 1. The van der Waals surface area contributed by atoms with Crippen LogP contribution >= 0.6 is 0 Å². The Balaban J connectivity index is 2.67. The lowest BCUT2D eigenvalue weighted by Crippen LogP contribution is -2.24. The third kappa shape index (κ3) is 4.99. The quantitative estimate of drug-likeness (QED) is 0.714. The summed E-state index contributed by atoms with van der Waals surface area (Å²) in [6.45, 7) is 5.27. The lowest BCUT2D eigenvalue weighted by molar-refractivity contribution is -0.139. The van der Waals surface area contributed by atoms with E-state index in [0.717, 1.165) is 5.56 Å². The molecule has 1 rings (SSSR count). The van der Waals surface area contributed by atoms with E-state index in [1.165, 1.54) is 0 Å². The van der Waals surface area contributed by atoms with Crippen molar-refractivity contribution < 1.29 is 19.8 Å². The number of rotatable bonds is 5. The summed E-state index contributed by atoms with van der Waals surface area (Å²) in [5.74, 6) is -1.24. The van der Waals surface area contributed by atoms with E-state index < -0.39 is 11.4 Å².